The molecule has 2 fully saturated rings. The summed E-state index contributed by atoms with van der Waals surface area (Å²) in [7, 11) is 0. The Balaban J connectivity index is 1.57. The predicted molar refractivity (Wildman–Crippen MR) is 86.9 cm³/mol. The fourth-order valence-corrected chi connectivity index (χ4v) is 3.21. The maximum Gasteiger partial charge on any atom is 0.255 e. The molecule has 1 saturated heterocycles. The second-order valence-corrected chi connectivity index (χ2v) is 6.36. The SMILES string of the molecule is O=C(c1cccnc1)N1C[C@@H](c2ccccc2)O[C@@H](C2CC2)C1. The Bertz CT molecular complexity index is 670. The lowest BCUT2D eigenvalue weighted by molar-refractivity contribution is -0.0864. The van der Waals surface area contributed by atoms with Crippen molar-refractivity contribution in [2.75, 3.05) is 13.1 Å². The summed E-state index contributed by atoms with van der Waals surface area (Å²) in [6.45, 7) is 1.28. The molecule has 4 rings (SSSR count). The van der Waals surface area contributed by atoms with Crippen LogP contribution in [0, 0.1) is 5.92 Å². The second kappa shape index (κ2) is 6.13. The van der Waals surface area contributed by atoms with E-state index in [9.17, 15) is 4.79 Å². The summed E-state index contributed by atoms with van der Waals surface area (Å²) >= 11 is 0. The molecule has 23 heavy (non-hydrogen) atoms. The van der Waals surface area contributed by atoms with Crippen LogP contribution in [0.15, 0.2) is 54.9 Å². The molecule has 118 valence electrons. The third-order valence-corrected chi connectivity index (χ3v) is 4.64. The lowest BCUT2D eigenvalue weighted by Crippen LogP contribution is -2.47. The highest BCUT2D eigenvalue weighted by Crippen LogP contribution is 2.39. The molecule has 0 N–H and O–H groups in total. The Morgan fingerprint density at radius 3 is 2.61 bits per heavy atom. The predicted octanol–water partition coefficient (Wildman–Crippen LogP) is 3.07. The van der Waals surface area contributed by atoms with Gasteiger partial charge in [-0.25, -0.2) is 0 Å². The van der Waals surface area contributed by atoms with Crippen LogP contribution in [-0.4, -0.2) is 35.0 Å². The Kier molecular flexibility index (Phi) is 3.83. The standard InChI is InChI=1S/C19H20N2O2/c22-19(16-7-4-10-20-11-16)21-12-17(14-5-2-1-3-6-14)23-18(13-21)15-8-9-15/h1-7,10-11,15,17-18H,8-9,12-13H2/t17-,18+/m0/s1. The van der Waals surface area contributed by atoms with E-state index in [0.717, 1.165) is 5.56 Å². The zero-order valence-electron chi connectivity index (χ0n) is 13.0. The number of amides is 1. The van der Waals surface area contributed by atoms with Gasteiger partial charge in [-0.05, 0) is 36.5 Å². The van der Waals surface area contributed by atoms with Gasteiger partial charge in [0.2, 0.25) is 0 Å². The number of nitrogens with zero attached hydrogens (tertiary/aromatic N) is 2. The summed E-state index contributed by atoms with van der Waals surface area (Å²) in [4.78, 5) is 18.8. The average Bonchev–Trinajstić information content (AvgIpc) is 3.47. The van der Waals surface area contributed by atoms with Crippen LogP contribution < -0.4 is 0 Å². The second-order valence-electron chi connectivity index (χ2n) is 6.36. The average molecular weight is 308 g/mol. The number of rotatable bonds is 3. The Morgan fingerprint density at radius 1 is 1.09 bits per heavy atom. The first-order valence-electron chi connectivity index (χ1n) is 8.21. The van der Waals surface area contributed by atoms with Crippen LogP contribution in [0.4, 0.5) is 0 Å². The van der Waals surface area contributed by atoms with E-state index in [1.807, 2.05) is 29.2 Å². The fourth-order valence-electron chi connectivity index (χ4n) is 3.21. The van der Waals surface area contributed by atoms with Crippen LogP contribution >= 0.6 is 0 Å². The maximum atomic E-state index is 12.8. The van der Waals surface area contributed by atoms with E-state index in [2.05, 4.69) is 17.1 Å². The van der Waals surface area contributed by atoms with Crippen LogP contribution in [0.25, 0.3) is 0 Å². The summed E-state index contributed by atoms with van der Waals surface area (Å²) < 4.78 is 6.30. The molecule has 2 heterocycles. The summed E-state index contributed by atoms with van der Waals surface area (Å²) in [5.74, 6) is 0.652. The number of benzene rings is 1. The van der Waals surface area contributed by atoms with Gasteiger partial charge in [-0.3, -0.25) is 9.78 Å². The first-order valence-corrected chi connectivity index (χ1v) is 8.21. The van der Waals surface area contributed by atoms with Crippen molar-refractivity contribution in [2.24, 2.45) is 5.92 Å². The van der Waals surface area contributed by atoms with Gasteiger partial charge in [0, 0.05) is 18.9 Å². The minimum atomic E-state index is -0.0452. The number of carbonyl (C=O) groups excluding carboxylic acids is 1. The molecule has 0 unspecified atom stereocenters. The van der Waals surface area contributed by atoms with E-state index in [0.29, 0.717) is 24.6 Å². The summed E-state index contributed by atoms with van der Waals surface area (Å²) in [6, 6.07) is 13.8. The van der Waals surface area contributed by atoms with E-state index in [-0.39, 0.29) is 18.1 Å². The van der Waals surface area contributed by atoms with Crippen molar-refractivity contribution in [2.45, 2.75) is 25.0 Å². The zero-order chi connectivity index (χ0) is 15.6. The number of morpholine rings is 1. The Morgan fingerprint density at radius 2 is 1.91 bits per heavy atom. The molecule has 2 aliphatic rings. The first-order chi connectivity index (χ1) is 11.3. The Labute approximate surface area is 136 Å². The number of aromatic nitrogens is 1. The van der Waals surface area contributed by atoms with Crippen molar-refractivity contribution in [3.8, 4) is 0 Å². The van der Waals surface area contributed by atoms with Gasteiger partial charge < -0.3 is 9.64 Å². The normalized spacial score (nSPS) is 24.4. The molecule has 1 aliphatic carbocycles. The van der Waals surface area contributed by atoms with E-state index >= 15 is 0 Å². The molecular formula is C19H20N2O2. The van der Waals surface area contributed by atoms with Gasteiger partial charge >= 0.3 is 0 Å². The zero-order valence-corrected chi connectivity index (χ0v) is 13.0. The molecule has 4 heteroatoms. The summed E-state index contributed by atoms with van der Waals surface area (Å²) in [5.41, 5.74) is 1.79. The van der Waals surface area contributed by atoms with Crippen LogP contribution in [0.2, 0.25) is 0 Å². The van der Waals surface area contributed by atoms with Crippen molar-refractivity contribution in [1.82, 2.24) is 9.88 Å². The van der Waals surface area contributed by atoms with Gasteiger partial charge in [0.1, 0.15) is 6.10 Å². The molecule has 1 saturated carbocycles. The Hall–Kier alpha value is -2.20. The molecule has 1 amide bonds. The fraction of sp³-hybridized carbons (Fsp3) is 0.368. The van der Waals surface area contributed by atoms with Crippen LogP contribution in [0.3, 0.4) is 0 Å². The van der Waals surface area contributed by atoms with Crippen molar-refractivity contribution < 1.29 is 9.53 Å². The van der Waals surface area contributed by atoms with E-state index in [1.165, 1.54) is 12.8 Å². The quantitative estimate of drug-likeness (QED) is 0.875. The molecule has 1 aliphatic heterocycles. The van der Waals surface area contributed by atoms with Gasteiger partial charge in [0.05, 0.1) is 18.2 Å². The molecule has 1 aromatic carbocycles. The number of hydrogen-bond donors (Lipinski definition) is 0. The van der Waals surface area contributed by atoms with E-state index < -0.39 is 0 Å². The smallest absolute Gasteiger partial charge is 0.255 e. The van der Waals surface area contributed by atoms with Gasteiger partial charge in [-0.1, -0.05) is 30.3 Å². The van der Waals surface area contributed by atoms with E-state index in [4.69, 9.17) is 4.74 Å². The van der Waals surface area contributed by atoms with Crippen molar-refractivity contribution >= 4 is 5.91 Å². The van der Waals surface area contributed by atoms with Crippen LogP contribution in [0.1, 0.15) is 34.9 Å². The first kappa shape index (κ1) is 14.4. The summed E-state index contributed by atoms with van der Waals surface area (Å²) in [6.07, 6.45) is 5.85. The molecule has 0 radical (unpaired) electrons. The van der Waals surface area contributed by atoms with Gasteiger partial charge in [0.15, 0.2) is 0 Å². The van der Waals surface area contributed by atoms with Crippen molar-refractivity contribution in [3.63, 3.8) is 0 Å². The maximum absolute atomic E-state index is 12.8. The third-order valence-electron chi connectivity index (χ3n) is 4.64. The highest BCUT2D eigenvalue weighted by molar-refractivity contribution is 5.94. The molecule has 1 aromatic heterocycles. The molecular weight excluding hydrogens is 288 g/mol. The number of ether oxygens (including phenoxy) is 1. The lowest BCUT2D eigenvalue weighted by atomic mass is 10.0. The lowest BCUT2D eigenvalue weighted by Gasteiger charge is -2.38. The van der Waals surface area contributed by atoms with Crippen molar-refractivity contribution in [1.29, 1.82) is 0 Å². The largest absolute Gasteiger partial charge is 0.366 e. The number of pyridine rings is 1. The minimum absolute atomic E-state index is 0.0452. The monoisotopic (exact) mass is 308 g/mol. The molecule has 4 nitrogen and oxygen atoms in total. The summed E-state index contributed by atoms with van der Waals surface area (Å²) in [5, 5.41) is 0. The highest BCUT2D eigenvalue weighted by Gasteiger charge is 2.40. The number of carbonyl (C=O) groups is 1. The topological polar surface area (TPSA) is 42.4 Å². The molecule has 0 spiro atoms. The number of hydrogen-bond acceptors (Lipinski definition) is 3. The highest BCUT2D eigenvalue weighted by atomic mass is 16.5. The van der Waals surface area contributed by atoms with Crippen molar-refractivity contribution in [3.05, 3.63) is 66.0 Å². The molecule has 0 bridgehead atoms. The van der Waals surface area contributed by atoms with Gasteiger partial charge in [-0.15, -0.1) is 0 Å². The van der Waals surface area contributed by atoms with Crippen LogP contribution in [-0.2, 0) is 4.74 Å². The molecule has 2 atom stereocenters. The molecule has 2 aromatic rings. The van der Waals surface area contributed by atoms with E-state index in [1.54, 1.807) is 18.5 Å². The van der Waals surface area contributed by atoms with Gasteiger partial charge in [0.25, 0.3) is 5.91 Å². The van der Waals surface area contributed by atoms with Crippen LogP contribution in [0.5, 0.6) is 0 Å². The minimum Gasteiger partial charge on any atom is -0.366 e. The third kappa shape index (κ3) is 3.13. The van der Waals surface area contributed by atoms with Gasteiger partial charge in [-0.2, -0.15) is 0 Å².